The summed E-state index contributed by atoms with van der Waals surface area (Å²) >= 11 is 0. The molecule has 1 aromatic carbocycles. The third kappa shape index (κ3) is 6.27. The Balaban J connectivity index is 2.68. The van der Waals surface area contributed by atoms with Gasteiger partial charge in [-0.2, -0.15) is 0 Å². The number of benzene rings is 1. The van der Waals surface area contributed by atoms with Gasteiger partial charge < -0.3 is 5.11 Å². The van der Waals surface area contributed by atoms with Gasteiger partial charge >= 0.3 is 5.97 Å². The standard InChI is InChI=1S/C15H23NO4S/c1-3-4-5-12(2)16-21(19,20)14-9-6-13(7-10-14)8-11-15(17)18/h6-7,9-10,12,16H,3-5,8,11H2,1-2H3,(H,17,18). The Morgan fingerprint density at radius 1 is 1.29 bits per heavy atom. The van der Waals surface area contributed by atoms with Crippen molar-refractivity contribution >= 4 is 16.0 Å². The molecule has 0 saturated heterocycles. The van der Waals surface area contributed by atoms with Crippen molar-refractivity contribution in [1.82, 2.24) is 4.72 Å². The van der Waals surface area contributed by atoms with Crippen molar-refractivity contribution < 1.29 is 18.3 Å². The van der Waals surface area contributed by atoms with Gasteiger partial charge in [0, 0.05) is 12.5 Å². The van der Waals surface area contributed by atoms with Gasteiger partial charge in [0.1, 0.15) is 0 Å². The molecule has 0 radical (unpaired) electrons. The van der Waals surface area contributed by atoms with Crippen LogP contribution in [-0.2, 0) is 21.2 Å². The van der Waals surface area contributed by atoms with Gasteiger partial charge in [-0.05, 0) is 37.5 Å². The maximum Gasteiger partial charge on any atom is 0.303 e. The summed E-state index contributed by atoms with van der Waals surface area (Å²) in [4.78, 5) is 10.7. The second-order valence-corrected chi connectivity index (χ2v) is 6.92. The molecule has 0 bridgehead atoms. The number of sulfonamides is 1. The number of aryl methyl sites for hydroxylation is 1. The molecular formula is C15H23NO4S. The summed E-state index contributed by atoms with van der Waals surface area (Å²) in [5.74, 6) is -0.863. The number of nitrogens with one attached hydrogen (secondary N) is 1. The second kappa shape index (κ2) is 8.14. The van der Waals surface area contributed by atoms with E-state index in [1.807, 2.05) is 6.92 Å². The normalized spacial score (nSPS) is 13.0. The van der Waals surface area contributed by atoms with Crippen molar-refractivity contribution in [2.75, 3.05) is 0 Å². The zero-order valence-corrected chi connectivity index (χ0v) is 13.3. The fourth-order valence-corrected chi connectivity index (χ4v) is 3.27. The number of carboxylic acid groups (broad SMARTS) is 1. The molecule has 0 aliphatic carbocycles. The van der Waals surface area contributed by atoms with E-state index >= 15 is 0 Å². The number of rotatable bonds is 9. The highest BCUT2D eigenvalue weighted by atomic mass is 32.2. The quantitative estimate of drug-likeness (QED) is 0.734. The van der Waals surface area contributed by atoms with Crippen molar-refractivity contribution in [3.05, 3.63) is 29.8 Å². The van der Waals surface area contributed by atoms with Crippen LogP contribution < -0.4 is 4.72 Å². The van der Waals surface area contributed by atoms with Crippen molar-refractivity contribution in [1.29, 1.82) is 0 Å². The van der Waals surface area contributed by atoms with Crippen LogP contribution in [0.5, 0.6) is 0 Å². The third-order valence-corrected chi connectivity index (χ3v) is 4.81. The summed E-state index contributed by atoms with van der Waals surface area (Å²) in [5.41, 5.74) is 0.815. The average Bonchev–Trinajstić information content (AvgIpc) is 2.43. The third-order valence-electron chi connectivity index (χ3n) is 3.21. The van der Waals surface area contributed by atoms with Crippen LogP contribution >= 0.6 is 0 Å². The lowest BCUT2D eigenvalue weighted by Gasteiger charge is -2.14. The van der Waals surface area contributed by atoms with Crippen molar-refractivity contribution in [2.45, 2.75) is 56.9 Å². The summed E-state index contributed by atoms with van der Waals surface area (Å²) in [5, 5.41) is 8.62. The van der Waals surface area contributed by atoms with Crippen molar-refractivity contribution in [2.24, 2.45) is 0 Å². The van der Waals surface area contributed by atoms with E-state index in [4.69, 9.17) is 5.11 Å². The monoisotopic (exact) mass is 313 g/mol. The van der Waals surface area contributed by atoms with E-state index in [-0.39, 0.29) is 17.4 Å². The molecule has 0 fully saturated rings. The van der Waals surface area contributed by atoms with Gasteiger partial charge in [0.25, 0.3) is 0 Å². The molecule has 0 aliphatic rings. The Bertz CT molecular complexity index is 552. The van der Waals surface area contributed by atoms with Gasteiger partial charge in [-0.1, -0.05) is 31.9 Å². The van der Waals surface area contributed by atoms with Crippen LogP contribution in [0, 0.1) is 0 Å². The number of carbonyl (C=O) groups is 1. The lowest BCUT2D eigenvalue weighted by molar-refractivity contribution is -0.136. The largest absolute Gasteiger partial charge is 0.481 e. The number of unbranched alkanes of at least 4 members (excludes halogenated alkanes) is 1. The average molecular weight is 313 g/mol. The molecule has 5 nitrogen and oxygen atoms in total. The highest BCUT2D eigenvalue weighted by molar-refractivity contribution is 7.89. The fourth-order valence-electron chi connectivity index (χ4n) is 1.99. The highest BCUT2D eigenvalue weighted by Gasteiger charge is 2.16. The van der Waals surface area contributed by atoms with Crippen LogP contribution in [-0.4, -0.2) is 25.5 Å². The molecule has 118 valence electrons. The first-order valence-corrected chi connectivity index (χ1v) is 8.66. The number of carboxylic acids is 1. The summed E-state index contributed by atoms with van der Waals surface area (Å²) in [7, 11) is -3.50. The van der Waals surface area contributed by atoms with Gasteiger partial charge in [0.05, 0.1) is 4.90 Å². The molecule has 0 aromatic heterocycles. The first kappa shape index (κ1) is 17.7. The Hall–Kier alpha value is -1.40. The van der Waals surface area contributed by atoms with E-state index in [1.54, 1.807) is 12.1 Å². The van der Waals surface area contributed by atoms with Gasteiger partial charge in [0.15, 0.2) is 0 Å². The zero-order chi connectivity index (χ0) is 15.9. The second-order valence-electron chi connectivity index (χ2n) is 5.20. The molecular weight excluding hydrogens is 290 g/mol. The van der Waals surface area contributed by atoms with Crippen molar-refractivity contribution in [3.8, 4) is 0 Å². The Labute approximate surface area is 126 Å². The fraction of sp³-hybridized carbons (Fsp3) is 0.533. The first-order valence-electron chi connectivity index (χ1n) is 7.18. The summed E-state index contributed by atoms with van der Waals surface area (Å²) in [6.45, 7) is 3.92. The minimum absolute atomic E-state index is 0.0401. The predicted octanol–water partition coefficient (Wildman–Crippen LogP) is 2.56. The van der Waals surface area contributed by atoms with Crippen LogP contribution in [0.3, 0.4) is 0 Å². The zero-order valence-electron chi connectivity index (χ0n) is 12.5. The van der Waals surface area contributed by atoms with Gasteiger partial charge in [0.2, 0.25) is 10.0 Å². The Morgan fingerprint density at radius 2 is 1.90 bits per heavy atom. The van der Waals surface area contributed by atoms with E-state index in [0.717, 1.165) is 24.8 Å². The maximum atomic E-state index is 12.2. The highest BCUT2D eigenvalue weighted by Crippen LogP contribution is 2.13. The minimum atomic E-state index is -3.50. The van der Waals surface area contributed by atoms with E-state index in [0.29, 0.717) is 6.42 Å². The Kier molecular flexibility index (Phi) is 6.84. The van der Waals surface area contributed by atoms with Crippen LogP contribution in [0.4, 0.5) is 0 Å². The Morgan fingerprint density at radius 3 is 2.43 bits per heavy atom. The van der Waals surface area contributed by atoms with E-state index in [1.165, 1.54) is 12.1 Å². The molecule has 0 saturated carbocycles. The summed E-state index contributed by atoms with van der Waals surface area (Å²) < 4.78 is 27.0. The lowest BCUT2D eigenvalue weighted by atomic mass is 10.1. The SMILES string of the molecule is CCCCC(C)NS(=O)(=O)c1ccc(CCC(=O)O)cc1. The molecule has 1 rings (SSSR count). The molecule has 1 atom stereocenters. The smallest absolute Gasteiger partial charge is 0.303 e. The molecule has 6 heteroatoms. The molecule has 1 unspecified atom stereocenters. The van der Waals surface area contributed by atoms with Gasteiger partial charge in [-0.3, -0.25) is 4.79 Å². The van der Waals surface area contributed by atoms with Crippen LogP contribution in [0.1, 0.15) is 45.1 Å². The minimum Gasteiger partial charge on any atom is -0.481 e. The predicted molar refractivity (Wildman–Crippen MR) is 81.7 cm³/mol. The van der Waals surface area contributed by atoms with Crippen LogP contribution in [0.25, 0.3) is 0 Å². The summed E-state index contributed by atoms with van der Waals surface area (Å²) in [6, 6.07) is 6.27. The van der Waals surface area contributed by atoms with Gasteiger partial charge in [-0.15, -0.1) is 0 Å². The molecule has 0 amide bonds. The van der Waals surface area contributed by atoms with Crippen LogP contribution in [0.2, 0.25) is 0 Å². The number of hydrogen-bond donors (Lipinski definition) is 2. The van der Waals surface area contributed by atoms with Crippen molar-refractivity contribution in [3.63, 3.8) is 0 Å². The topological polar surface area (TPSA) is 83.5 Å². The molecule has 21 heavy (non-hydrogen) atoms. The van der Waals surface area contributed by atoms with Gasteiger partial charge in [-0.25, -0.2) is 13.1 Å². The molecule has 2 N–H and O–H groups in total. The van der Waals surface area contributed by atoms with E-state index in [2.05, 4.69) is 11.6 Å². The van der Waals surface area contributed by atoms with E-state index in [9.17, 15) is 13.2 Å². The number of hydrogen-bond acceptors (Lipinski definition) is 3. The maximum absolute atomic E-state index is 12.2. The molecule has 1 aromatic rings. The molecule has 0 aliphatic heterocycles. The molecule has 0 spiro atoms. The number of aliphatic carboxylic acids is 1. The van der Waals surface area contributed by atoms with Crippen LogP contribution in [0.15, 0.2) is 29.2 Å². The summed E-state index contributed by atoms with van der Waals surface area (Å²) in [6.07, 6.45) is 3.27. The lowest BCUT2D eigenvalue weighted by Crippen LogP contribution is -2.32. The first-order chi connectivity index (χ1) is 9.85. The van der Waals surface area contributed by atoms with E-state index < -0.39 is 16.0 Å². The molecule has 0 heterocycles.